The van der Waals surface area contributed by atoms with Crippen molar-refractivity contribution in [1.29, 1.82) is 0 Å². The van der Waals surface area contributed by atoms with E-state index in [1.54, 1.807) is 0 Å². The van der Waals surface area contributed by atoms with Gasteiger partial charge >= 0.3 is 0 Å². The van der Waals surface area contributed by atoms with Gasteiger partial charge in [-0.15, -0.1) is 11.7 Å². The Morgan fingerprint density at radius 3 is 2.00 bits per heavy atom. The Kier molecular flexibility index (Phi) is 2.56. The van der Waals surface area contributed by atoms with Crippen LogP contribution in [0.4, 0.5) is 8.78 Å². The van der Waals surface area contributed by atoms with Crippen LogP contribution in [0.15, 0.2) is 23.1 Å². The van der Waals surface area contributed by atoms with E-state index in [1.807, 2.05) is 0 Å². The van der Waals surface area contributed by atoms with Crippen molar-refractivity contribution in [2.75, 3.05) is 0 Å². The Morgan fingerprint density at radius 1 is 1.20 bits per heavy atom. The van der Waals surface area contributed by atoms with Gasteiger partial charge in [0.15, 0.2) is 0 Å². The SMILES string of the molecule is Fc1cccc(F)c1SS. The van der Waals surface area contributed by atoms with Crippen molar-refractivity contribution < 1.29 is 8.78 Å². The van der Waals surface area contributed by atoms with Gasteiger partial charge < -0.3 is 0 Å². The molecule has 1 aromatic carbocycles. The summed E-state index contributed by atoms with van der Waals surface area (Å²) in [6, 6.07) is 3.71. The molecule has 0 atom stereocenters. The summed E-state index contributed by atoms with van der Waals surface area (Å²) in [5.41, 5.74) is 0. The average molecular weight is 178 g/mol. The normalized spacial score (nSPS) is 9.90. The molecular weight excluding hydrogens is 174 g/mol. The van der Waals surface area contributed by atoms with Gasteiger partial charge in [-0.25, -0.2) is 8.78 Å². The first-order valence-corrected chi connectivity index (χ1v) is 4.38. The van der Waals surface area contributed by atoms with Crippen LogP contribution in [-0.2, 0) is 0 Å². The van der Waals surface area contributed by atoms with Gasteiger partial charge in [-0.2, -0.15) is 0 Å². The molecule has 0 aliphatic heterocycles. The molecule has 10 heavy (non-hydrogen) atoms. The zero-order valence-electron chi connectivity index (χ0n) is 4.84. The van der Waals surface area contributed by atoms with Crippen LogP contribution >= 0.6 is 22.5 Å². The Balaban J connectivity index is 3.17. The lowest BCUT2D eigenvalue weighted by molar-refractivity contribution is 0.541. The Bertz CT molecular complexity index is 217. The summed E-state index contributed by atoms with van der Waals surface area (Å²) < 4.78 is 25.1. The predicted octanol–water partition coefficient (Wildman–Crippen LogP) is 2.90. The maximum Gasteiger partial charge on any atom is 0.140 e. The maximum atomic E-state index is 12.5. The second-order valence-electron chi connectivity index (χ2n) is 1.64. The van der Waals surface area contributed by atoms with Gasteiger partial charge in [0.25, 0.3) is 0 Å². The summed E-state index contributed by atoms with van der Waals surface area (Å²) in [4.78, 5) is -0.0502. The van der Waals surface area contributed by atoms with Gasteiger partial charge in [-0.05, 0) is 12.1 Å². The van der Waals surface area contributed by atoms with E-state index in [1.165, 1.54) is 18.2 Å². The van der Waals surface area contributed by atoms with Crippen LogP contribution in [0.3, 0.4) is 0 Å². The fourth-order valence-electron chi connectivity index (χ4n) is 0.570. The smallest absolute Gasteiger partial charge is 0.140 e. The molecule has 0 radical (unpaired) electrons. The monoisotopic (exact) mass is 178 g/mol. The van der Waals surface area contributed by atoms with Crippen LogP contribution in [-0.4, -0.2) is 0 Å². The first kappa shape index (κ1) is 7.88. The van der Waals surface area contributed by atoms with Gasteiger partial charge in [0.2, 0.25) is 0 Å². The minimum atomic E-state index is -0.569. The predicted molar refractivity (Wildman–Crippen MR) is 41.2 cm³/mol. The zero-order chi connectivity index (χ0) is 7.56. The molecule has 0 aliphatic carbocycles. The molecule has 0 aliphatic rings. The van der Waals surface area contributed by atoms with E-state index in [2.05, 4.69) is 11.7 Å². The zero-order valence-corrected chi connectivity index (χ0v) is 6.55. The van der Waals surface area contributed by atoms with Gasteiger partial charge in [0.05, 0.1) is 4.90 Å². The first-order valence-electron chi connectivity index (χ1n) is 2.51. The van der Waals surface area contributed by atoms with Crippen LogP contribution in [0.25, 0.3) is 0 Å². The Morgan fingerprint density at radius 2 is 1.70 bits per heavy atom. The summed E-state index contributed by atoms with van der Waals surface area (Å²) in [5.74, 6) is -1.14. The van der Waals surface area contributed by atoms with Crippen molar-refractivity contribution in [3.05, 3.63) is 29.8 Å². The van der Waals surface area contributed by atoms with Crippen molar-refractivity contribution in [2.45, 2.75) is 4.90 Å². The maximum absolute atomic E-state index is 12.5. The quantitative estimate of drug-likeness (QED) is 0.509. The summed E-state index contributed by atoms with van der Waals surface area (Å²) in [5, 5.41) is 0. The number of halogens is 2. The van der Waals surface area contributed by atoms with Crippen molar-refractivity contribution in [3.63, 3.8) is 0 Å². The van der Waals surface area contributed by atoms with E-state index in [4.69, 9.17) is 0 Å². The summed E-state index contributed by atoms with van der Waals surface area (Å²) in [6.07, 6.45) is 0. The number of benzene rings is 1. The van der Waals surface area contributed by atoms with Crippen LogP contribution in [0.2, 0.25) is 0 Å². The van der Waals surface area contributed by atoms with E-state index >= 15 is 0 Å². The van der Waals surface area contributed by atoms with Gasteiger partial charge in [0, 0.05) is 0 Å². The molecule has 4 heteroatoms. The minimum absolute atomic E-state index is 0.0502. The molecular formula is C6H4F2S2. The molecule has 0 N–H and O–H groups in total. The van der Waals surface area contributed by atoms with E-state index < -0.39 is 11.6 Å². The second-order valence-corrected chi connectivity index (χ2v) is 2.78. The first-order chi connectivity index (χ1) is 4.75. The summed E-state index contributed by atoms with van der Waals surface area (Å²) >= 11 is 3.69. The third-order valence-electron chi connectivity index (χ3n) is 1.01. The standard InChI is InChI=1S/C6H4F2S2/c7-4-2-1-3-5(8)6(4)10-9/h1-3,9H. The number of hydrogen-bond donors (Lipinski definition) is 1. The number of hydrogen-bond acceptors (Lipinski definition) is 2. The van der Waals surface area contributed by atoms with Gasteiger partial charge in [-0.3, -0.25) is 0 Å². The van der Waals surface area contributed by atoms with Crippen molar-refractivity contribution in [3.8, 4) is 0 Å². The highest BCUT2D eigenvalue weighted by Gasteiger charge is 2.05. The lowest BCUT2D eigenvalue weighted by Crippen LogP contribution is -1.82. The highest BCUT2D eigenvalue weighted by atomic mass is 33.1. The van der Waals surface area contributed by atoms with E-state index in [-0.39, 0.29) is 4.90 Å². The van der Waals surface area contributed by atoms with E-state index in [0.29, 0.717) is 0 Å². The number of thiol groups is 1. The second kappa shape index (κ2) is 3.25. The van der Waals surface area contributed by atoms with Crippen molar-refractivity contribution in [2.24, 2.45) is 0 Å². The minimum Gasteiger partial charge on any atom is -0.206 e. The average Bonchev–Trinajstić information content (AvgIpc) is 1.88. The van der Waals surface area contributed by atoms with E-state index in [0.717, 1.165) is 10.8 Å². The Hall–Kier alpha value is -0.220. The molecule has 0 bridgehead atoms. The molecule has 0 aromatic heterocycles. The fourth-order valence-corrected chi connectivity index (χ4v) is 1.40. The fraction of sp³-hybridized carbons (Fsp3) is 0. The largest absolute Gasteiger partial charge is 0.206 e. The molecule has 0 saturated heterocycles. The molecule has 0 fully saturated rings. The van der Waals surface area contributed by atoms with Gasteiger partial charge in [-0.1, -0.05) is 16.9 Å². The molecule has 0 spiro atoms. The number of rotatable bonds is 1. The van der Waals surface area contributed by atoms with Crippen LogP contribution in [0.1, 0.15) is 0 Å². The highest BCUT2D eigenvalue weighted by Crippen LogP contribution is 2.26. The molecule has 1 aromatic rings. The lowest BCUT2D eigenvalue weighted by atomic mass is 10.3. The third kappa shape index (κ3) is 1.44. The molecule has 0 amide bonds. The highest BCUT2D eigenvalue weighted by molar-refractivity contribution is 8.68. The van der Waals surface area contributed by atoms with Crippen molar-refractivity contribution >= 4 is 22.5 Å². The Labute approximate surface area is 66.4 Å². The molecule has 0 saturated carbocycles. The molecule has 0 unspecified atom stereocenters. The molecule has 0 heterocycles. The van der Waals surface area contributed by atoms with Crippen LogP contribution in [0.5, 0.6) is 0 Å². The van der Waals surface area contributed by atoms with Crippen LogP contribution < -0.4 is 0 Å². The lowest BCUT2D eigenvalue weighted by Gasteiger charge is -1.97. The van der Waals surface area contributed by atoms with E-state index in [9.17, 15) is 8.78 Å². The van der Waals surface area contributed by atoms with Crippen LogP contribution in [0, 0.1) is 11.6 Å². The summed E-state index contributed by atoms with van der Waals surface area (Å²) in [6.45, 7) is 0. The topological polar surface area (TPSA) is 0 Å². The molecule has 0 nitrogen and oxygen atoms in total. The third-order valence-corrected chi connectivity index (χ3v) is 2.13. The van der Waals surface area contributed by atoms with Crippen molar-refractivity contribution in [1.82, 2.24) is 0 Å². The van der Waals surface area contributed by atoms with Gasteiger partial charge in [0.1, 0.15) is 11.6 Å². The molecule has 1 rings (SSSR count). The summed E-state index contributed by atoms with van der Waals surface area (Å²) in [7, 11) is 0.766. The molecule has 54 valence electrons.